The molecule has 0 unspecified atom stereocenters. The molecule has 0 amide bonds. The summed E-state index contributed by atoms with van der Waals surface area (Å²) in [6.07, 6.45) is 0. The second kappa shape index (κ2) is 14.9. The summed E-state index contributed by atoms with van der Waals surface area (Å²) in [5.41, 5.74) is 0. The van der Waals surface area contributed by atoms with Crippen molar-refractivity contribution in [3.8, 4) is 0 Å². The Balaban J connectivity index is 0.000000168. The third kappa shape index (κ3) is 6.30. The van der Waals surface area contributed by atoms with E-state index in [0.29, 0.717) is 0 Å². The van der Waals surface area contributed by atoms with E-state index < -0.39 is 36.8 Å². The van der Waals surface area contributed by atoms with Gasteiger partial charge in [0.05, 0.1) is 0 Å². The topological polar surface area (TPSA) is 0 Å². The van der Waals surface area contributed by atoms with E-state index >= 15 is 0 Å². The molecule has 0 saturated heterocycles. The fourth-order valence-electron chi connectivity index (χ4n) is 6.56. The first-order chi connectivity index (χ1) is 20.8. The maximum absolute atomic E-state index is 2.83. The standard InChI is InChI=1S/6C6H5.2C2H5.2Sn/c6*1-2-4-6-5-3-1;2*1-2;;/h6*1-5H;2*1H2,2H3;;. The molecule has 0 radical (unpaired) electrons. The van der Waals surface area contributed by atoms with Crippen molar-refractivity contribution < 1.29 is 0 Å². The molecule has 0 aliphatic heterocycles. The van der Waals surface area contributed by atoms with E-state index in [1.54, 1.807) is 21.5 Å². The fraction of sp³-hybridized carbons (Fsp3) is 0.100. The average molecular weight is 758 g/mol. The molecule has 0 atom stereocenters. The van der Waals surface area contributed by atoms with Gasteiger partial charge in [-0.05, 0) is 0 Å². The zero-order chi connectivity index (χ0) is 29.1. The molecule has 0 fully saturated rings. The van der Waals surface area contributed by atoms with Crippen molar-refractivity contribution in [2.75, 3.05) is 0 Å². The summed E-state index contributed by atoms with van der Waals surface area (Å²) in [4.78, 5) is 0. The molecule has 42 heavy (non-hydrogen) atoms. The molecular weight excluding hydrogens is 718 g/mol. The molecule has 6 aromatic carbocycles. The van der Waals surface area contributed by atoms with Crippen molar-refractivity contribution >= 4 is 58.2 Å². The molecule has 0 heterocycles. The maximum atomic E-state index is 2.36. The van der Waals surface area contributed by atoms with Gasteiger partial charge in [-0.3, -0.25) is 0 Å². The third-order valence-corrected chi connectivity index (χ3v) is 37.3. The van der Waals surface area contributed by atoms with Crippen LogP contribution in [-0.4, -0.2) is 36.8 Å². The Morgan fingerprint density at radius 1 is 0.262 bits per heavy atom. The van der Waals surface area contributed by atoms with Crippen LogP contribution in [0.5, 0.6) is 0 Å². The minimum absolute atomic E-state index is 1.24. The van der Waals surface area contributed by atoms with Crippen LogP contribution in [0.2, 0.25) is 8.87 Å². The van der Waals surface area contributed by atoms with E-state index in [0.717, 1.165) is 0 Å². The van der Waals surface area contributed by atoms with Crippen LogP contribution in [0.4, 0.5) is 0 Å². The molecule has 0 spiro atoms. The predicted octanol–water partition coefficient (Wildman–Crippen LogP) is 6.35. The SMILES string of the molecule is C[CH2][Sn]([c]1ccccc1)([c]1ccccc1)[c]1ccccc1.C[CH2][Sn]([c]1ccccc1)([c]1ccccc1)[c]1ccccc1. The van der Waals surface area contributed by atoms with Crippen molar-refractivity contribution in [2.45, 2.75) is 22.7 Å². The average Bonchev–Trinajstić information content (AvgIpc) is 3.09. The number of benzene rings is 6. The molecule has 0 aromatic heterocycles. The summed E-state index contributed by atoms with van der Waals surface area (Å²) in [5.74, 6) is 0. The first-order valence-electron chi connectivity index (χ1n) is 15.1. The van der Waals surface area contributed by atoms with Crippen LogP contribution in [0.15, 0.2) is 182 Å². The van der Waals surface area contributed by atoms with E-state index in [9.17, 15) is 0 Å². The monoisotopic (exact) mass is 760 g/mol. The van der Waals surface area contributed by atoms with E-state index in [4.69, 9.17) is 0 Å². The van der Waals surface area contributed by atoms with Gasteiger partial charge in [0.2, 0.25) is 0 Å². The number of rotatable bonds is 8. The summed E-state index contributed by atoms with van der Waals surface area (Å²) in [5, 5.41) is 0. The second-order valence-electron chi connectivity index (χ2n) is 10.7. The van der Waals surface area contributed by atoms with E-state index in [-0.39, 0.29) is 0 Å². The zero-order valence-electron chi connectivity index (χ0n) is 24.7. The van der Waals surface area contributed by atoms with Crippen LogP contribution >= 0.6 is 0 Å². The van der Waals surface area contributed by atoms with Gasteiger partial charge in [0.25, 0.3) is 0 Å². The van der Waals surface area contributed by atoms with Crippen molar-refractivity contribution in [2.24, 2.45) is 0 Å². The minimum atomic E-state index is -2.83. The number of hydrogen-bond donors (Lipinski definition) is 0. The van der Waals surface area contributed by atoms with E-state index in [1.807, 2.05) is 0 Å². The van der Waals surface area contributed by atoms with Gasteiger partial charge < -0.3 is 0 Å². The molecule has 6 rings (SSSR count). The molecule has 0 bridgehead atoms. The molecule has 0 saturated carbocycles. The van der Waals surface area contributed by atoms with Crippen molar-refractivity contribution in [3.05, 3.63) is 182 Å². The zero-order valence-corrected chi connectivity index (χ0v) is 30.4. The van der Waals surface area contributed by atoms with Gasteiger partial charge in [-0.1, -0.05) is 0 Å². The number of hydrogen-bond acceptors (Lipinski definition) is 0. The molecule has 208 valence electrons. The quantitative estimate of drug-likeness (QED) is 0.159. The van der Waals surface area contributed by atoms with Crippen LogP contribution in [-0.2, 0) is 0 Å². The Bertz CT molecular complexity index is 1280. The fourth-order valence-corrected chi connectivity index (χ4v) is 32.3. The van der Waals surface area contributed by atoms with Gasteiger partial charge in [0.15, 0.2) is 0 Å². The summed E-state index contributed by atoms with van der Waals surface area (Å²) in [6.45, 7) is 4.73. The second-order valence-corrected chi connectivity index (χ2v) is 35.0. The van der Waals surface area contributed by atoms with Crippen LogP contribution in [0.25, 0.3) is 0 Å². The summed E-state index contributed by atoms with van der Waals surface area (Å²) < 4.78 is 11.9. The molecule has 0 N–H and O–H groups in total. The molecule has 0 nitrogen and oxygen atoms in total. The van der Waals surface area contributed by atoms with Gasteiger partial charge in [0.1, 0.15) is 0 Å². The van der Waals surface area contributed by atoms with E-state index in [2.05, 4.69) is 196 Å². The van der Waals surface area contributed by atoms with Gasteiger partial charge in [-0.15, -0.1) is 0 Å². The predicted molar refractivity (Wildman–Crippen MR) is 189 cm³/mol. The Labute approximate surface area is 260 Å². The summed E-state index contributed by atoms with van der Waals surface area (Å²) in [6, 6.07) is 66.9. The molecule has 0 aliphatic rings. The Kier molecular flexibility index (Phi) is 10.8. The van der Waals surface area contributed by atoms with Crippen molar-refractivity contribution in [3.63, 3.8) is 0 Å². The normalized spacial score (nSPS) is 11.3. The first-order valence-corrected chi connectivity index (χ1v) is 27.7. The Morgan fingerprint density at radius 2 is 0.405 bits per heavy atom. The van der Waals surface area contributed by atoms with Gasteiger partial charge in [-0.2, -0.15) is 0 Å². The molecule has 0 aliphatic carbocycles. The Hall–Kier alpha value is -3.08. The van der Waals surface area contributed by atoms with Crippen LogP contribution in [0, 0.1) is 0 Å². The molecule has 2 heteroatoms. The van der Waals surface area contributed by atoms with Gasteiger partial charge in [-0.25, -0.2) is 0 Å². The Morgan fingerprint density at radius 3 is 0.524 bits per heavy atom. The van der Waals surface area contributed by atoms with Crippen LogP contribution in [0.3, 0.4) is 0 Å². The first kappa shape index (κ1) is 30.4. The molecular formula is C40H40Sn2. The van der Waals surface area contributed by atoms with Gasteiger partial charge in [0, 0.05) is 0 Å². The van der Waals surface area contributed by atoms with Crippen LogP contribution in [0.1, 0.15) is 13.8 Å². The van der Waals surface area contributed by atoms with Gasteiger partial charge >= 0.3 is 263 Å². The van der Waals surface area contributed by atoms with Crippen molar-refractivity contribution in [1.29, 1.82) is 0 Å². The van der Waals surface area contributed by atoms with Crippen molar-refractivity contribution in [1.82, 2.24) is 0 Å². The van der Waals surface area contributed by atoms with Crippen LogP contribution < -0.4 is 21.5 Å². The molecule has 6 aromatic rings. The summed E-state index contributed by atoms with van der Waals surface area (Å²) >= 11 is -5.66. The summed E-state index contributed by atoms with van der Waals surface area (Å²) in [7, 11) is 0. The third-order valence-electron chi connectivity index (χ3n) is 8.66. The van der Waals surface area contributed by atoms with E-state index in [1.165, 1.54) is 8.87 Å².